The number of ketones is 1. The Morgan fingerprint density at radius 1 is 1.35 bits per heavy atom. The molecular formula is C11H11F3O3. The summed E-state index contributed by atoms with van der Waals surface area (Å²) in [6.07, 6.45) is -4.86. The third kappa shape index (κ3) is 3.45. The van der Waals surface area contributed by atoms with Crippen LogP contribution in [-0.4, -0.2) is 25.9 Å². The molecule has 94 valence electrons. The predicted octanol–water partition coefficient (Wildman–Crippen LogP) is 2.72. The highest BCUT2D eigenvalue weighted by atomic mass is 19.4. The van der Waals surface area contributed by atoms with Crippen LogP contribution in [0.2, 0.25) is 0 Å². The van der Waals surface area contributed by atoms with Gasteiger partial charge in [-0.1, -0.05) is 0 Å². The van der Waals surface area contributed by atoms with E-state index in [1.54, 1.807) is 0 Å². The molecule has 0 saturated heterocycles. The van der Waals surface area contributed by atoms with E-state index >= 15 is 0 Å². The number of hydrogen-bond acceptors (Lipinski definition) is 3. The van der Waals surface area contributed by atoms with Crippen LogP contribution < -0.4 is 4.74 Å². The van der Waals surface area contributed by atoms with E-state index in [-0.39, 0.29) is 17.9 Å². The number of hydrogen-bond donors (Lipinski definition) is 0. The van der Waals surface area contributed by atoms with Gasteiger partial charge in [0.2, 0.25) is 0 Å². The highest BCUT2D eigenvalue weighted by Gasteiger charge is 2.39. The fourth-order valence-corrected chi connectivity index (χ4v) is 1.26. The molecule has 0 spiro atoms. The smallest absolute Gasteiger partial charge is 0.454 e. The normalized spacial score (nSPS) is 11.4. The Labute approximate surface area is 96.1 Å². The molecule has 0 unspecified atom stereocenters. The van der Waals surface area contributed by atoms with Gasteiger partial charge in [-0.2, -0.15) is 13.2 Å². The Morgan fingerprint density at radius 3 is 2.47 bits per heavy atom. The monoisotopic (exact) mass is 248 g/mol. The average Bonchev–Trinajstić information content (AvgIpc) is 2.24. The zero-order chi connectivity index (χ0) is 13.1. The highest BCUT2D eigenvalue weighted by Crippen LogP contribution is 2.25. The topological polar surface area (TPSA) is 35.5 Å². The molecule has 1 aromatic carbocycles. The van der Waals surface area contributed by atoms with Gasteiger partial charge in [-0.15, -0.1) is 0 Å². The number of methoxy groups -OCH3 is 1. The van der Waals surface area contributed by atoms with Gasteiger partial charge in [-0.3, -0.25) is 4.79 Å². The SMILES string of the molecule is COCOc1ccc(C(=O)C(F)(F)F)c(C)c1. The molecule has 0 aromatic heterocycles. The summed E-state index contributed by atoms with van der Waals surface area (Å²) in [4.78, 5) is 11.0. The molecule has 1 rings (SSSR count). The first-order valence-corrected chi connectivity index (χ1v) is 4.70. The number of halogens is 3. The summed E-state index contributed by atoms with van der Waals surface area (Å²) in [5.74, 6) is -1.50. The molecule has 0 bridgehead atoms. The van der Waals surface area contributed by atoms with Gasteiger partial charge in [0.05, 0.1) is 0 Å². The second-order valence-corrected chi connectivity index (χ2v) is 3.35. The van der Waals surface area contributed by atoms with E-state index in [1.165, 1.54) is 26.2 Å². The van der Waals surface area contributed by atoms with E-state index in [2.05, 4.69) is 4.74 Å². The van der Waals surface area contributed by atoms with Crippen LogP contribution in [-0.2, 0) is 4.74 Å². The molecule has 0 atom stereocenters. The van der Waals surface area contributed by atoms with Crippen molar-refractivity contribution in [2.75, 3.05) is 13.9 Å². The van der Waals surface area contributed by atoms with Crippen LogP contribution in [0.15, 0.2) is 18.2 Å². The van der Waals surface area contributed by atoms with Gasteiger partial charge in [0.15, 0.2) is 6.79 Å². The molecule has 0 aliphatic rings. The summed E-state index contributed by atoms with van der Waals surface area (Å²) >= 11 is 0. The fraction of sp³-hybridized carbons (Fsp3) is 0.364. The van der Waals surface area contributed by atoms with Gasteiger partial charge in [-0.25, -0.2) is 0 Å². The zero-order valence-electron chi connectivity index (χ0n) is 9.30. The molecule has 1 aromatic rings. The van der Waals surface area contributed by atoms with E-state index < -0.39 is 12.0 Å². The van der Waals surface area contributed by atoms with Crippen LogP contribution >= 0.6 is 0 Å². The van der Waals surface area contributed by atoms with E-state index in [1.807, 2.05) is 0 Å². The van der Waals surface area contributed by atoms with Crippen molar-refractivity contribution < 1.29 is 27.4 Å². The molecule has 0 aliphatic heterocycles. The minimum absolute atomic E-state index is 0.00793. The van der Waals surface area contributed by atoms with Crippen molar-refractivity contribution in [2.24, 2.45) is 0 Å². The van der Waals surface area contributed by atoms with Crippen LogP contribution in [0.1, 0.15) is 15.9 Å². The van der Waals surface area contributed by atoms with Crippen molar-refractivity contribution in [1.29, 1.82) is 0 Å². The van der Waals surface area contributed by atoms with Gasteiger partial charge < -0.3 is 9.47 Å². The van der Waals surface area contributed by atoms with E-state index in [0.29, 0.717) is 5.75 Å². The predicted molar refractivity (Wildman–Crippen MR) is 54.1 cm³/mol. The molecule has 0 radical (unpaired) electrons. The van der Waals surface area contributed by atoms with Crippen LogP contribution in [0.5, 0.6) is 5.75 Å². The number of carbonyl (C=O) groups excluding carboxylic acids is 1. The molecule has 6 heteroatoms. The molecule has 0 heterocycles. The summed E-state index contributed by atoms with van der Waals surface area (Å²) in [6.45, 7) is 1.41. The minimum Gasteiger partial charge on any atom is -0.468 e. The van der Waals surface area contributed by atoms with Gasteiger partial charge in [0, 0.05) is 12.7 Å². The lowest BCUT2D eigenvalue weighted by Gasteiger charge is -2.10. The maximum Gasteiger partial charge on any atom is 0.454 e. The van der Waals surface area contributed by atoms with Crippen molar-refractivity contribution >= 4 is 5.78 Å². The molecular weight excluding hydrogens is 237 g/mol. The number of ether oxygens (including phenoxy) is 2. The largest absolute Gasteiger partial charge is 0.468 e. The number of carbonyl (C=O) groups is 1. The average molecular weight is 248 g/mol. The third-order valence-corrected chi connectivity index (χ3v) is 2.04. The Morgan fingerprint density at radius 2 is 2.00 bits per heavy atom. The Bertz CT molecular complexity index is 413. The van der Waals surface area contributed by atoms with Gasteiger partial charge in [0.25, 0.3) is 5.78 Å². The number of aryl methyl sites for hydroxylation is 1. The van der Waals surface area contributed by atoms with Gasteiger partial charge in [-0.05, 0) is 30.7 Å². The second kappa shape index (κ2) is 5.18. The lowest BCUT2D eigenvalue weighted by Crippen LogP contribution is -2.23. The highest BCUT2D eigenvalue weighted by molar-refractivity contribution is 6.01. The molecule has 17 heavy (non-hydrogen) atoms. The van der Waals surface area contributed by atoms with Crippen molar-refractivity contribution in [2.45, 2.75) is 13.1 Å². The Balaban J connectivity index is 2.94. The summed E-state index contributed by atoms with van der Waals surface area (Å²) in [6, 6.07) is 3.75. The van der Waals surface area contributed by atoms with Crippen LogP contribution in [0.4, 0.5) is 13.2 Å². The minimum atomic E-state index is -4.86. The van der Waals surface area contributed by atoms with Crippen molar-refractivity contribution in [3.8, 4) is 5.75 Å². The van der Waals surface area contributed by atoms with Crippen LogP contribution in [0.25, 0.3) is 0 Å². The van der Waals surface area contributed by atoms with E-state index in [9.17, 15) is 18.0 Å². The number of rotatable bonds is 4. The molecule has 0 amide bonds. The lowest BCUT2D eigenvalue weighted by molar-refractivity contribution is -0.0885. The first kappa shape index (κ1) is 13.5. The first-order valence-electron chi connectivity index (χ1n) is 4.70. The number of benzene rings is 1. The maximum atomic E-state index is 12.2. The molecule has 0 aliphatic carbocycles. The summed E-state index contributed by atoms with van der Waals surface area (Å²) in [5, 5.41) is 0. The maximum absolute atomic E-state index is 12.2. The van der Waals surface area contributed by atoms with Crippen molar-refractivity contribution in [3.63, 3.8) is 0 Å². The van der Waals surface area contributed by atoms with Crippen LogP contribution in [0, 0.1) is 6.92 Å². The summed E-state index contributed by atoms with van der Waals surface area (Å²) < 4.78 is 46.3. The molecule has 0 fully saturated rings. The van der Waals surface area contributed by atoms with Crippen LogP contribution in [0.3, 0.4) is 0 Å². The Kier molecular flexibility index (Phi) is 4.11. The van der Waals surface area contributed by atoms with Gasteiger partial charge >= 0.3 is 6.18 Å². The van der Waals surface area contributed by atoms with Crippen molar-refractivity contribution in [3.05, 3.63) is 29.3 Å². The molecule has 0 saturated carbocycles. The number of alkyl halides is 3. The summed E-state index contributed by atoms with van der Waals surface area (Å²) in [5.41, 5.74) is -0.164. The number of Topliss-reactive ketones (excluding diaryl/α,β-unsaturated/α-hetero) is 1. The molecule has 0 N–H and O–H groups in total. The van der Waals surface area contributed by atoms with Crippen molar-refractivity contribution in [1.82, 2.24) is 0 Å². The van der Waals surface area contributed by atoms with Gasteiger partial charge in [0.1, 0.15) is 5.75 Å². The summed E-state index contributed by atoms with van der Waals surface area (Å²) in [7, 11) is 1.43. The third-order valence-electron chi connectivity index (χ3n) is 2.04. The standard InChI is InChI=1S/C11H11F3O3/c1-7-5-8(17-6-16-2)3-4-9(7)10(15)11(12,13)14/h3-5H,6H2,1-2H3. The quantitative estimate of drug-likeness (QED) is 0.607. The van der Waals surface area contributed by atoms with E-state index in [0.717, 1.165) is 6.07 Å². The Hall–Kier alpha value is -1.56. The zero-order valence-corrected chi connectivity index (χ0v) is 9.30. The second-order valence-electron chi connectivity index (χ2n) is 3.35. The van der Waals surface area contributed by atoms with E-state index in [4.69, 9.17) is 4.74 Å². The lowest BCUT2D eigenvalue weighted by atomic mass is 10.0. The first-order chi connectivity index (χ1) is 7.86. The fourth-order valence-electron chi connectivity index (χ4n) is 1.26. The molecule has 3 nitrogen and oxygen atoms in total.